The summed E-state index contributed by atoms with van der Waals surface area (Å²) in [4.78, 5) is 2.25. The summed E-state index contributed by atoms with van der Waals surface area (Å²) in [6, 6.07) is 15.5. The molecule has 0 radical (unpaired) electrons. The molecule has 21 heavy (non-hydrogen) atoms. The number of methoxy groups -OCH3 is 1. The van der Waals surface area contributed by atoms with Gasteiger partial charge in [0.2, 0.25) is 0 Å². The first kappa shape index (κ1) is 15.5. The Kier molecular flexibility index (Phi) is 5.76. The van der Waals surface area contributed by atoms with E-state index in [0.29, 0.717) is 11.6 Å². The van der Waals surface area contributed by atoms with Crippen molar-refractivity contribution in [1.29, 1.82) is 0 Å². The Bertz CT molecular complexity index is 557. The van der Waals surface area contributed by atoms with Crippen LogP contribution in [0.2, 0.25) is 5.02 Å². The molecule has 112 valence electrons. The number of rotatable bonds is 7. The van der Waals surface area contributed by atoms with Gasteiger partial charge in [0, 0.05) is 23.3 Å². The van der Waals surface area contributed by atoms with Gasteiger partial charge in [-0.1, -0.05) is 17.7 Å². The van der Waals surface area contributed by atoms with Crippen LogP contribution < -0.4 is 14.4 Å². The first-order chi connectivity index (χ1) is 10.2. The number of ether oxygens (including phenoxy) is 2. The van der Waals surface area contributed by atoms with Crippen LogP contribution in [-0.4, -0.2) is 26.8 Å². The van der Waals surface area contributed by atoms with E-state index in [4.69, 9.17) is 21.1 Å². The Morgan fingerprint density at radius 3 is 2.48 bits per heavy atom. The number of nitrogens with zero attached hydrogens (tertiary/aromatic N) is 1. The van der Waals surface area contributed by atoms with Gasteiger partial charge in [-0.3, -0.25) is 0 Å². The molecule has 0 spiro atoms. The predicted octanol–water partition coefficient (Wildman–Crippen LogP) is 4.25. The number of hydrogen-bond donors (Lipinski definition) is 0. The zero-order chi connectivity index (χ0) is 15.1. The molecule has 0 amide bonds. The summed E-state index contributed by atoms with van der Waals surface area (Å²) in [5.74, 6) is 1.70. The first-order valence-corrected chi connectivity index (χ1v) is 7.38. The Morgan fingerprint density at radius 2 is 1.81 bits per heavy atom. The molecule has 0 aromatic heterocycles. The normalized spacial score (nSPS) is 10.2. The Labute approximate surface area is 131 Å². The maximum atomic E-state index is 5.85. The van der Waals surface area contributed by atoms with Crippen LogP contribution in [0.1, 0.15) is 6.92 Å². The summed E-state index contributed by atoms with van der Waals surface area (Å²) < 4.78 is 11.0. The summed E-state index contributed by atoms with van der Waals surface area (Å²) in [7, 11) is 1.68. The highest BCUT2D eigenvalue weighted by Gasteiger charge is 2.05. The van der Waals surface area contributed by atoms with E-state index >= 15 is 0 Å². The van der Waals surface area contributed by atoms with Crippen LogP contribution in [0.25, 0.3) is 0 Å². The fourth-order valence-electron chi connectivity index (χ4n) is 2.08. The minimum Gasteiger partial charge on any atom is -0.497 e. The third-order valence-corrected chi connectivity index (χ3v) is 3.50. The summed E-state index contributed by atoms with van der Waals surface area (Å²) >= 11 is 5.85. The molecule has 0 saturated carbocycles. The fraction of sp³-hybridized carbons (Fsp3) is 0.294. The van der Waals surface area contributed by atoms with Gasteiger partial charge in [0.05, 0.1) is 13.7 Å². The van der Waals surface area contributed by atoms with Crippen LogP contribution in [0.15, 0.2) is 48.5 Å². The first-order valence-electron chi connectivity index (χ1n) is 7.00. The quantitative estimate of drug-likeness (QED) is 0.763. The van der Waals surface area contributed by atoms with E-state index in [1.54, 1.807) is 7.11 Å². The molecule has 3 nitrogen and oxygen atoms in total. The van der Waals surface area contributed by atoms with Crippen LogP contribution in [-0.2, 0) is 0 Å². The van der Waals surface area contributed by atoms with Crippen LogP contribution in [0, 0.1) is 0 Å². The Hall–Kier alpha value is -1.87. The maximum Gasteiger partial charge on any atom is 0.120 e. The number of likely N-dealkylation sites (N-methyl/N-ethyl adjacent to an activating group) is 1. The zero-order valence-corrected chi connectivity index (χ0v) is 13.1. The number of benzene rings is 2. The van der Waals surface area contributed by atoms with Crippen molar-refractivity contribution >= 4 is 17.3 Å². The van der Waals surface area contributed by atoms with Crippen LogP contribution in [0.3, 0.4) is 0 Å². The molecule has 0 atom stereocenters. The van der Waals surface area contributed by atoms with Crippen LogP contribution in [0.5, 0.6) is 11.5 Å². The second kappa shape index (κ2) is 7.79. The van der Waals surface area contributed by atoms with Gasteiger partial charge in [-0.2, -0.15) is 0 Å². The monoisotopic (exact) mass is 305 g/mol. The van der Waals surface area contributed by atoms with E-state index < -0.39 is 0 Å². The number of hydrogen-bond acceptors (Lipinski definition) is 3. The second-order valence-electron chi connectivity index (χ2n) is 4.58. The van der Waals surface area contributed by atoms with Crippen molar-refractivity contribution in [3.8, 4) is 11.5 Å². The lowest BCUT2D eigenvalue weighted by molar-refractivity contribution is 0.324. The average Bonchev–Trinajstić information content (AvgIpc) is 2.53. The number of halogens is 1. The molecular weight excluding hydrogens is 286 g/mol. The van der Waals surface area contributed by atoms with E-state index in [9.17, 15) is 0 Å². The highest BCUT2D eigenvalue weighted by Crippen LogP contribution is 2.21. The second-order valence-corrected chi connectivity index (χ2v) is 5.02. The highest BCUT2D eigenvalue weighted by atomic mass is 35.5. The van der Waals surface area contributed by atoms with Gasteiger partial charge in [-0.15, -0.1) is 0 Å². The molecule has 0 N–H and O–H groups in total. The molecule has 0 fully saturated rings. The molecule has 0 aliphatic rings. The van der Waals surface area contributed by atoms with Crippen LogP contribution in [0.4, 0.5) is 5.69 Å². The topological polar surface area (TPSA) is 21.7 Å². The van der Waals surface area contributed by atoms with Crippen molar-refractivity contribution in [2.45, 2.75) is 6.92 Å². The molecule has 0 aliphatic carbocycles. The largest absolute Gasteiger partial charge is 0.497 e. The lowest BCUT2D eigenvalue weighted by atomic mass is 10.2. The molecule has 2 rings (SSSR count). The van der Waals surface area contributed by atoms with Crippen LogP contribution >= 0.6 is 11.6 Å². The predicted molar refractivity (Wildman–Crippen MR) is 87.8 cm³/mol. The standard InChI is InChI=1S/C17H20ClNO2/c1-3-19(15-5-4-6-17(13-15)20-2)11-12-21-16-9-7-14(18)8-10-16/h4-10,13H,3,11-12H2,1-2H3. The number of anilines is 1. The molecule has 2 aromatic carbocycles. The SMILES string of the molecule is CCN(CCOc1ccc(Cl)cc1)c1cccc(OC)c1. The van der Waals surface area contributed by atoms with Crippen molar-refractivity contribution in [3.63, 3.8) is 0 Å². The van der Waals surface area contributed by atoms with E-state index in [-0.39, 0.29) is 0 Å². The maximum absolute atomic E-state index is 5.85. The van der Waals surface area contributed by atoms with Crippen molar-refractivity contribution in [3.05, 3.63) is 53.6 Å². The lowest BCUT2D eigenvalue weighted by Crippen LogP contribution is -2.28. The van der Waals surface area contributed by atoms with E-state index in [1.165, 1.54) is 0 Å². The zero-order valence-electron chi connectivity index (χ0n) is 12.4. The van der Waals surface area contributed by atoms with Gasteiger partial charge in [0.1, 0.15) is 18.1 Å². The van der Waals surface area contributed by atoms with E-state index in [0.717, 1.165) is 30.3 Å². The molecule has 4 heteroatoms. The minimum atomic E-state index is 0.618. The smallest absolute Gasteiger partial charge is 0.120 e. The molecular formula is C17H20ClNO2. The van der Waals surface area contributed by atoms with Crippen molar-refractivity contribution in [2.24, 2.45) is 0 Å². The molecule has 2 aromatic rings. The minimum absolute atomic E-state index is 0.618. The molecule has 0 heterocycles. The van der Waals surface area contributed by atoms with Crippen molar-refractivity contribution in [1.82, 2.24) is 0 Å². The Morgan fingerprint density at radius 1 is 1.05 bits per heavy atom. The summed E-state index contributed by atoms with van der Waals surface area (Å²) in [6.07, 6.45) is 0. The molecule has 0 bridgehead atoms. The van der Waals surface area contributed by atoms with Gasteiger partial charge < -0.3 is 14.4 Å². The molecule has 0 unspecified atom stereocenters. The van der Waals surface area contributed by atoms with E-state index in [1.807, 2.05) is 42.5 Å². The third kappa shape index (κ3) is 4.57. The fourth-order valence-corrected chi connectivity index (χ4v) is 2.21. The van der Waals surface area contributed by atoms with E-state index in [2.05, 4.69) is 17.9 Å². The average molecular weight is 306 g/mol. The lowest BCUT2D eigenvalue weighted by Gasteiger charge is -2.23. The summed E-state index contributed by atoms with van der Waals surface area (Å²) in [5.41, 5.74) is 1.14. The van der Waals surface area contributed by atoms with Gasteiger partial charge in [0.15, 0.2) is 0 Å². The molecule has 0 aliphatic heterocycles. The van der Waals surface area contributed by atoms with Gasteiger partial charge in [-0.05, 0) is 43.3 Å². The Balaban J connectivity index is 1.91. The van der Waals surface area contributed by atoms with Gasteiger partial charge in [-0.25, -0.2) is 0 Å². The summed E-state index contributed by atoms with van der Waals surface area (Å²) in [5, 5.41) is 0.717. The van der Waals surface area contributed by atoms with Crippen molar-refractivity contribution < 1.29 is 9.47 Å². The third-order valence-electron chi connectivity index (χ3n) is 3.24. The van der Waals surface area contributed by atoms with Gasteiger partial charge >= 0.3 is 0 Å². The summed E-state index contributed by atoms with van der Waals surface area (Å²) in [6.45, 7) is 4.47. The van der Waals surface area contributed by atoms with Crippen molar-refractivity contribution in [2.75, 3.05) is 31.7 Å². The highest BCUT2D eigenvalue weighted by molar-refractivity contribution is 6.30. The molecule has 0 saturated heterocycles. The van der Waals surface area contributed by atoms with Gasteiger partial charge in [0.25, 0.3) is 0 Å².